The third-order valence-electron chi connectivity index (χ3n) is 4.00. The van der Waals surface area contributed by atoms with E-state index < -0.39 is 18.3 Å². The number of rotatable bonds is 3. The molecule has 2 aromatic heterocycles. The Bertz CT molecular complexity index is 848. The zero-order valence-electron chi connectivity index (χ0n) is 13.9. The van der Waals surface area contributed by atoms with Gasteiger partial charge >= 0.3 is 6.18 Å². The summed E-state index contributed by atoms with van der Waals surface area (Å²) in [5.74, 6) is 1.48. The van der Waals surface area contributed by atoms with E-state index in [0.29, 0.717) is 42.4 Å². The van der Waals surface area contributed by atoms with Crippen molar-refractivity contribution in [3.63, 3.8) is 0 Å². The Morgan fingerprint density at radius 2 is 1.85 bits per heavy atom. The van der Waals surface area contributed by atoms with Gasteiger partial charge in [0.15, 0.2) is 0 Å². The van der Waals surface area contributed by atoms with Gasteiger partial charge in [-0.15, -0.1) is 0 Å². The van der Waals surface area contributed by atoms with Crippen LogP contribution in [0.5, 0.6) is 0 Å². The van der Waals surface area contributed by atoms with Crippen LogP contribution in [-0.2, 0) is 6.54 Å². The molecule has 1 saturated heterocycles. The van der Waals surface area contributed by atoms with Crippen LogP contribution in [0, 0.1) is 6.92 Å². The average molecular weight is 389 g/mol. The van der Waals surface area contributed by atoms with E-state index in [0.717, 1.165) is 5.82 Å². The molecule has 1 aliphatic heterocycles. The van der Waals surface area contributed by atoms with Crippen LogP contribution in [0.2, 0.25) is 5.02 Å². The molecule has 0 radical (unpaired) electrons. The minimum absolute atomic E-state index is 0.254. The monoisotopic (exact) mass is 388 g/mol. The molecule has 11 heteroatoms. The quantitative estimate of drug-likeness (QED) is 0.800. The fourth-order valence-corrected chi connectivity index (χ4v) is 3.02. The van der Waals surface area contributed by atoms with E-state index in [4.69, 9.17) is 11.6 Å². The molecule has 1 aliphatic rings. The van der Waals surface area contributed by atoms with E-state index >= 15 is 0 Å². The fourth-order valence-electron chi connectivity index (χ4n) is 2.76. The zero-order chi connectivity index (χ0) is 18.9. The molecule has 140 valence electrons. The number of alkyl halides is 3. The lowest BCUT2D eigenvalue weighted by Gasteiger charge is -2.36. The van der Waals surface area contributed by atoms with Gasteiger partial charge in [0.05, 0.1) is 11.9 Å². The molecule has 0 saturated carbocycles. The lowest BCUT2D eigenvalue weighted by molar-refractivity contribution is -0.143. The maximum Gasteiger partial charge on any atom is 0.408 e. The molecule has 0 atom stereocenters. The van der Waals surface area contributed by atoms with Crippen molar-refractivity contribution >= 4 is 23.1 Å². The molecular formula is C15H16ClF3N6O. The second-order valence-electron chi connectivity index (χ2n) is 5.86. The number of hydrogen-bond donors (Lipinski definition) is 0. The highest BCUT2D eigenvalue weighted by Crippen LogP contribution is 2.24. The van der Waals surface area contributed by atoms with Crippen LogP contribution < -0.4 is 15.4 Å². The second-order valence-corrected chi connectivity index (χ2v) is 6.24. The summed E-state index contributed by atoms with van der Waals surface area (Å²) < 4.78 is 37.7. The first kappa shape index (κ1) is 18.4. The third kappa shape index (κ3) is 4.06. The van der Waals surface area contributed by atoms with Crippen molar-refractivity contribution in [2.45, 2.75) is 19.6 Å². The predicted molar refractivity (Wildman–Crippen MR) is 90.8 cm³/mol. The van der Waals surface area contributed by atoms with E-state index in [1.165, 1.54) is 6.20 Å². The Morgan fingerprint density at radius 1 is 1.19 bits per heavy atom. The molecule has 2 aromatic rings. The van der Waals surface area contributed by atoms with Crippen molar-refractivity contribution in [1.82, 2.24) is 19.7 Å². The SMILES string of the molecule is Cc1nccc(N2CCN(c3cnn(CC(F)(F)F)c(=O)c3Cl)CC2)n1. The van der Waals surface area contributed by atoms with Gasteiger partial charge in [0.2, 0.25) is 0 Å². The average Bonchev–Trinajstić information content (AvgIpc) is 2.58. The first-order valence-corrected chi connectivity index (χ1v) is 8.24. The van der Waals surface area contributed by atoms with Crippen molar-refractivity contribution in [1.29, 1.82) is 0 Å². The largest absolute Gasteiger partial charge is 0.408 e. The number of aromatic nitrogens is 4. The van der Waals surface area contributed by atoms with Crippen molar-refractivity contribution in [3.05, 3.63) is 39.7 Å². The van der Waals surface area contributed by atoms with Gasteiger partial charge in [0.1, 0.15) is 23.2 Å². The lowest BCUT2D eigenvalue weighted by atomic mass is 10.2. The number of hydrogen-bond acceptors (Lipinski definition) is 6. The number of halogens is 4. The number of nitrogens with zero attached hydrogens (tertiary/aromatic N) is 6. The van der Waals surface area contributed by atoms with E-state index in [-0.39, 0.29) is 5.02 Å². The molecule has 3 rings (SSSR count). The second kappa shape index (κ2) is 7.10. The normalized spacial score (nSPS) is 15.4. The zero-order valence-corrected chi connectivity index (χ0v) is 14.6. The topological polar surface area (TPSA) is 67.2 Å². The fraction of sp³-hybridized carbons (Fsp3) is 0.467. The van der Waals surface area contributed by atoms with Crippen molar-refractivity contribution in [2.75, 3.05) is 36.0 Å². The van der Waals surface area contributed by atoms with Crippen LogP contribution >= 0.6 is 11.6 Å². The molecule has 0 aromatic carbocycles. The summed E-state index contributed by atoms with van der Waals surface area (Å²) in [5.41, 5.74) is -0.607. The highest BCUT2D eigenvalue weighted by molar-refractivity contribution is 6.33. The first-order chi connectivity index (χ1) is 12.2. The molecule has 0 bridgehead atoms. The Hall–Kier alpha value is -2.36. The van der Waals surface area contributed by atoms with Crippen LogP contribution in [-0.4, -0.2) is 52.1 Å². The Labute approximate surface area is 152 Å². The summed E-state index contributed by atoms with van der Waals surface area (Å²) in [5, 5.41) is 3.36. The maximum absolute atomic E-state index is 12.5. The molecule has 0 aliphatic carbocycles. The highest BCUT2D eigenvalue weighted by atomic mass is 35.5. The Kier molecular flexibility index (Phi) is 5.03. The van der Waals surface area contributed by atoms with E-state index in [9.17, 15) is 18.0 Å². The van der Waals surface area contributed by atoms with E-state index in [2.05, 4.69) is 20.0 Å². The first-order valence-electron chi connectivity index (χ1n) is 7.86. The van der Waals surface area contributed by atoms with E-state index in [1.807, 2.05) is 11.0 Å². The van der Waals surface area contributed by atoms with Gasteiger partial charge in [-0.25, -0.2) is 14.6 Å². The third-order valence-corrected chi connectivity index (χ3v) is 4.36. The van der Waals surface area contributed by atoms with Crippen LogP contribution in [0.1, 0.15) is 5.82 Å². The smallest absolute Gasteiger partial charge is 0.365 e. The van der Waals surface area contributed by atoms with Crippen LogP contribution in [0.4, 0.5) is 24.7 Å². The van der Waals surface area contributed by atoms with Gasteiger partial charge in [-0.05, 0) is 13.0 Å². The molecule has 0 N–H and O–H groups in total. The molecule has 0 unspecified atom stereocenters. The van der Waals surface area contributed by atoms with E-state index in [1.54, 1.807) is 13.1 Å². The summed E-state index contributed by atoms with van der Waals surface area (Å²) in [6.45, 7) is 2.66. The van der Waals surface area contributed by atoms with Crippen molar-refractivity contribution < 1.29 is 13.2 Å². The molecule has 26 heavy (non-hydrogen) atoms. The predicted octanol–water partition coefficient (Wildman–Crippen LogP) is 1.88. The van der Waals surface area contributed by atoms with Gasteiger partial charge in [-0.1, -0.05) is 11.6 Å². The van der Waals surface area contributed by atoms with Crippen LogP contribution in [0.3, 0.4) is 0 Å². The molecule has 0 amide bonds. The molecule has 0 spiro atoms. The van der Waals surface area contributed by atoms with Crippen molar-refractivity contribution in [3.8, 4) is 0 Å². The standard InChI is InChI=1S/C15H16ClF3N6O/c1-10-20-3-2-12(22-10)24-6-4-23(5-7-24)11-8-21-25(9-15(17,18)19)14(26)13(11)16/h2-3,8H,4-7,9H2,1H3. The highest BCUT2D eigenvalue weighted by Gasteiger charge is 2.30. The summed E-state index contributed by atoms with van der Waals surface area (Å²) in [6.07, 6.45) is -1.64. The summed E-state index contributed by atoms with van der Waals surface area (Å²) in [7, 11) is 0. The summed E-state index contributed by atoms with van der Waals surface area (Å²) >= 11 is 6.02. The number of piperazine rings is 1. The minimum Gasteiger partial charge on any atom is -0.365 e. The summed E-state index contributed by atoms with van der Waals surface area (Å²) in [4.78, 5) is 24.4. The summed E-state index contributed by atoms with van der Waals surface area (Å²) in [6, 6.07) is 1.81. The van der Waals surface area contributed by atoms with Crippen molar-refractivity contribution in [2.24, 2.45) is 0 Å². The molecule has 1 fully saturated rings. The Balaban J connectivity index is 1.73. The van der Waals surface area contributed by atoms with Gasteiger partial charge in [0.25, 0.3) is 5.56 Å². The van der Waals surface area contributed by atoms with Gasteiger partial charge in [-0.2, -0.15) is 18.3 Å². The van der Waals surface area contributed by atoms with Crippen LogP contribution in [0.15, 0.2) is 23.3 Å². The maximum atomic E-state index is 12.5. The van der Waals surface area contributed by atoms with Gasteiger partial charge in [-0.3, -0.25) is 4.79 Å². The number of anilines is 2. The lowest BCUT2D eigenvalue weighted by Crippen LogP contribution is -2.47. The van der Waals surface area contributed by atoms with Crippen LogP contribution in [0.25, 0.3) is 0 Å². The van der Waals surface area contributed by atoms with Gasteiger partial charge < -0.3 is 9.80 Å². The minimum atomic E-state index is -4.54. The Morgan fingerprint density at radius 3 is 2.46 bits per heavy atom. The van der Waals surface area contributed by atoms with Gasteiger partial charge in [0, 0.05) is 32.4 Å². The number of aryl methyl sites for hydroxylation is 1. The molecule has 7 nitrogen and oxygen atoms in total. The molecular weight excluding hydrogens is 373 g/mol. The molecule has 3 heterocycles.